The number of imidazole rings is 1. The molecule has 2 aromatic carbocycles. The minimum Gasteiger partial charge on any atom is -0.366 e. The van der Waals surface area contributed by atoms with Crippen LogP contribution in [0.15, 0.2) is 42.5 Å². The second-order valence-electron chi connectivity index (χ2n) is 6.81. The number of halogens is 1. The second kappa shape index (κ2) is 8.84. The maximum atomic E-state index is 12.5. The average molecular weight is 443 g/mol. The molecule has 0 bridgehead atoms. The quantitative estimate of drug-likeness (QED) is 0.393. The van der Waals surface area contributed by atoms with E-state index < -0.39 is 16.9 Å². The molecule has 0 fully saturated rings. The van der Waals surface area contributed by atoms with Crippen LogP contribution in [0.3, 0.4) is 0 Å². The van der Waals surface area contributed by atoms with Gasteiger partial charge in [-0.2, -0.15) is 0 Å². The van der Waals surface area contributed by atoms with Gasteiger partial charge in [-0.3, -0.25) is 14.9 Å². The van der Waals surface area contributed by atoms with Gasteiger partial charge in [-0.1, -0.05) is 23.7 Å². The minimum atomic E-state index is -0.660. The predicted octanol–water partition coefficient (Wildman–Crippen LogP) is 3.71. The second-order valence-corrected chi connectivity index (χ2v) is 7.22. The molecule has 0 saturated heterocycles. The summed E-state index contributed by atoms with van der Waals surface area (Å²) >= 11 is 6.00. The van der Waals surface area contributed by atoms with Gasteiger partial charge < -0.3 is 20.9 Å². The van der Waals surface area contributed by atoms with E-state index in [0.717, 1.165) is 5.69 Å². The van der Waals surface area contributed by atoms with Crippen LogP contribution >= 0.6 is 11.6 Å². The van der Waals surface area contributed by atoms with Crippen LogP contribution in [0.2, 0.25) is 5.02 Å². The number of hydrogen-bond donors (Lipinski definition) is 3. The number of rotatable bonds is 6. The summed E-state index contributed by atoms with van der Waals surface area (Å²) in [5, 5.41) is 13.8. The Hall–Kier alpha value is -3.92. The number of aromatic nitrogens is 2. The lowest BCUT2D eigenvalue weighted by Crippen LogP contribution is -2.31. The molecule has 31 heavy (non-hydrogen) atoms. The molecule has 3 amide bonds. The summed E-state index contributed by atoms with van der Waals surface area (Å²) in [4.78, 5) is 43.3. The fourth-order valence-electron chi connectivity index (χ4n) is 2.95. The number of nitro benzene ring substituents is 1. The Morgan fingerprint density at radius 3 is 2.68 bits per heavy atom. The Balaban J connectivity index is 1.71. The summed E-state index contributed by atoms with van der Waals surface area (Å²) < 4.78 is 0. The number of primary amides is 1. The number of benzene rings is 2. The van der Waals surface area contributed by atoms with Gasteiger partial charge in [0.2, 0.25) is 5.91 Å². The molecular formula is C20H19ClN6O4. The van der Waals surface area contributed by atoms with Gasteiger partial charge in [-0.05, 0) is 25.1 Å². The topological polar surface area (TPSA) is 147 Å². The average Bonchev–Trinajstić information content (AvgIpc) is 3.07. The van der Waals surface area contributed by atoms with Crippen LogP contribution in [0, 0.1) is 17.0 Å². The summed E-state index contributed by atoms with van der Waals surface area (Å²) in [6.07, 6.45) is 0. The van der Waals surface area contributed by atoms with Crippen molar-refractivity contribution in [1.82, 2.24) is 14.9 Å². The summed E-state index contributed by atoms with van der Waals surface area (Å²) in [5.74, 6) is -0.147. The molecule has 160 valence electrons. The number of nitrogens with two attached hydrogens (primary N) is 1. The first kappa shape index (κ1) is 21.8. The number of amides is 3. The van der Waals surface area contributed by atoms with E-state index in [9.17, 15) is 19.7 Å². The standard InChI is InChI=1S/C20H19ClN6O4/c1-11-18(12-4-3-5-14(8-12)27(30)31)25-17(23-11)10-26(2)20(29)24-13-6-7-15(19(22)28)16(21)9-13/h3-9H,10H2,1-2H3,(H2,22,28)(H,23,25)(H,24,29). The molecule has 3 rings (SSSR count). The smallest absolute Gasteiger partial charge is 0.321 e. The van der Waals surface area contributed by atoms with Gasteiger partial charge in [0.25, 0.3) is 5.69 Å². The SMILES string of the molecule is Cc1[nH]c(CN(C)C(=O)Nc2ccc(C(N)=O)c(Cl)c2)nc1-c1cccc([N+](=O)[O-])c1. The van der Waals surface area contributed by atoms with Gasteiger partial charge in [0, 0.05) is 36.1 Å². The number of hydrogen-bond acceptors (Lipinski definition) is 5. The number of aryl methyl sites for hydroxylation is 1. The Morgan fingerprint density at radius 2 is 2.03 bits per heavy atom. The van der Waals surface area contributed by atoms with E-state index in [0.29, 0.717) is 22.8 Å². The predicted molar refractivity (Wildman–Crippen MR) is 116 cm³/mol. The van der Waals surface area contributed by atoms with Crippen molar-refractivity contribution in [2.24, 2.45) is 5.73 Å². The fourth-order valence-corrected chi connectivity index (χ4v) is 3.23. The van der Waals surface area contributed by atoms with E-state index >= 15 is 0 Å². The van der Waals surface area contributed by atoms with E-state index in [-0.39, 0.29) is 22.8 Å². The van der Waals surface area contributed by atoms with Gasteiger partial charge in [0.1, 0.15) is 5.82 Å². The molecule has 11 heteroatoms. The summed E-state index contributed by atoms with van der Waals surface area (Å²) in [7, 11) is 1.58. The van der Waals surface area contributed by atoms with Gasteiger partial charge in [-0.15, -0.1) is 0 Å². The van der Waals surface area contributed by atoms with Crippen LogP contribution in [-0.4, -0.2) is 38.8 Å². The minimum absolute atomic E-state index is 0.0287. The molecule has 3 aromatic rings. The Kier molecular flexibility index (Phi) is 6.21. The Morgan fingerprint density at radius 1 is 1.29 bits per heavy atom. The third kappa shape index (κ3) is 4.98. The number of urea groups is 1. The van der Waals surface area contributed by atoms with Crippen molar-refractivity contribution in [1.29, 1.82) is 0 Å². The monoisotopic (exact) mass is 442 g/mol. The highest BCUT2D eigenvalue weighted by atomic mass is 35.5. The number of anilines is 1. The van der Waals surface area contributed by atoms with Crippen molar-refractivity contribution in [3.8, 4) is 11.3 Å². The lowest BCUT2D eigenvalue weighted by atomic mass is 10.1. The molecule has 0 aliphatic carbocycles. The number of aromatic amines is 1. The van der Waals surface area contributed by atoms with Crippen molar-refractivity contribution in [2.75, 3.05) is 12.4 Å². The van der Waals surface area contributed by atoms with Gasteiger partial charge in [0.05, 0.1) is 27.7 Å². The van der Waals surface area contributed by atoms with Gasteiger partial charge in [0.15, 0.2) is 0 Å². The number of H-pyrrole nitrogens is 1. The Bertz CT molecular complexity index is 1180. The molecule has 0 aliphatic rings. The van der Waals surface area contributed by atoms with Crippen molar-refractivity contribution >= 4 is 34.9 Å². The van der Waals surface area contributed by atoms with E-state index in [2.05, 4.69) is 15.3 Å². The highest BCUT2D eigenvalue weighted by Crippen LogP contribution is 2.25. The number of nitrogens with one attached hydrogen (secondary N) is 2. The molecular weight excluding hydrogens is 424 g/mol. The van der Waals surface area contributed by atoms with Crippen molar-refractivity contribution in [3.63, 3.8) is 0 Å². The lowest BCUT2D eigenvalue weighted by molar-refractivity contribution is -0.384. The third-order valence-electron chi connectivity index (χ3n) is 4.48. The highest BCUT2D eigenvalue weighted by Gasteiger charge is 2.16. The summed E-state index contributed by atoms with van der Waals surface area (Å²) in [6, 6.07) is 10.1. The Labute approximate surface area is 182 Å². The maximum absolute atomic E-state index is 12.5. The molecule has 0 aliphatic heterocycles. The van der Waals surface area contributed by atoms with Crippen molar-refractivity contribution in [2.45, 2.75) is 13.5 Å². The number of non-ortho nitro benzene ring substituents is 1. The largest absolute Gasteiger partial charge is 0.366 e. The molecule has 0 unspecified atom stereocenters. The van der Waals surface area contributed by atoms with Crippen LogP contribution in [0.25, 0.3) is 11.3 Å². The van der Waals surface area contributed by atoms with Crippen LogP contribution in [0.4, 0.5) is 16.2 Å². The van der Waals surface area contributed by atoms with Crippen molar-refractivity contribution < 1.29 is 14.5 Å². The van der Waals surface area contributed by atoms with E-state index in [1.54, 1.807) is 26.1 Å². The molecule has 1 heterocycles. The molecule has 1 aromatic heterocycles. The molecule has 0 radical (unpaired) electrons. The van der Waals surface area contributed by atoms with Crippen LogP contribution in [0.5, 0.6) is 0 Å². The first-order valence-electron chi connectivity index (χ1n) is 9.07. The van der Waals surface area contributed by atoms with E-state index in [1.807, 2.05) is 0 Å². The molecule has 4 N–H and O–H groups in total. The zero-order valence-electron chi connectivity index (χ0n) is 16.7. The number of nitrogens with zero attached hydrogens (tertiary/aromatic N) is 3. The first-order chi connectivity index (χ1) is 14.7. The third-order valence-corrected chi connectivity index (χ3v) is 4.80. The highest BCUT2D eigenvalue weighted by molar-refractivity contribution is 6.34. The van der Waals surface area contributed by atoms with Gasteiger partial charge in [-0.25, -0.2) is 9.78 Å². The molecule has 10 nitrogen and oxygen atoms in total. The fraction of sp³-hybridized carbons (Fsp3) is 0.150. The zero-order chi connectivity index (χ0) is 22.7. The van der Waals surface area contributed by atoms with E-state index in [1.165, 1.54) is 35.2 Å². The molecule has 0 spiro atoms. The number of carbonyl (C=O) groups excluding carboxylic acids is 2. The van der Waals surface area contributed by atoms with Crippen LogP contribution < -0.4 is 11.1 Å². The normalized spacial score (nSPS) is 10.5. The van der Waals surface area contributed by atoms with E-state index in [4.69, 9.17) is 17.3 Å². The van der Waals surface area contributed by atoms with Crippen LogP contribution in [-0.2, 0) is 6.54 Å². The van der Waals surface area contributed by atoms with Crippen molar-refractivity contribution in [3.05, 3.63) is 74.7 Å². The molecule has 0 atom stereocenters. The lowest BCUT2D eigenvalue weighted by Gasteiger charge is -2.17. The summed E-state index contributed by atoms with van der Waals surface area (Å²) in [6.45, 7) is 1.96. The van der Waals surface area contributed by atoms with Crippen LogP contribution in [0.1, 0.15) is 21.9 Å². The summed E-state index contributed by atoms with van der Waals surface area (Å²) in [5.41, 5.74) is 7.64. The van der Waals surface area contributed by atoms with Gasteiger partial charge >= 0.3 is 6.03 Å². The number of nitro groups is 1. The zero-order valence-corrected chi connectivity index (χ0v) is 17.4. The number of carbonyl (C=O) groups is 2. The first-order valence-corrected chi connectivity index (χ1v) is 9.45. The maximum Gasteiger partial charge on any atom is 0.321 e. The molecule has 0 saturated carbocycles.